The Morgan fingerprint density at radius 3 is 2.73 bits per heavy atom. The first-order valence-electron chi connectivity index (χ1n) is 3.22. The molecule has 0 aliphatic carbocycles. The number of esters is 1. The second-order valence-corrected chi connectivity index (χ2v) is 3.46. The van der Waals surface area contributed by atoms with Crippen molar-refractivity contribution in [2.24, 2.45) is 0 Å². The van der Waals surface area contributed by atoms with Gasteiger partial charge in [0.15, 0.2) is 0 Å². The largest absolute Gasteiger partial charge is 0.468 e. The number of hydrogen-bond donors (Lipinski definition) is 1. The summed E-state index contributed by atoms with van der Waals surface area (Å²) in [7, 11) is 1.42. The Labute approximate surface area is 76.7 Å². The summed E-state index contributed by atoms with van der Waals surface area (Å²) in [6, 6.07) is 0. The minimum absolute atomic E-state index is 0. The molecule has 5 heteroatoms. The topological polar surface area (TPSA) is 38.3 Å². The molecule has 1 aliphatic rings. The van der Waals surface area contributed by atoms with Gasteiger partial charge in [-0.1, -0.05) is 0 Å². The zero-order chi connectivity index (χ0) is 7.40. The molecule has 0 unspecified atom stereocenters. The Balaban J connectivity index is 0.000001000. The summed E-state index contributed by atoms with van der Waals surface area (Å²) in [5, 5.41) is 3.75. The Morgan fingerprint density at radius 2 is 2.36 bits per heavy atom. The van der Waals surface area contributed by atoms with Gasteiger partial charge in [0.25, 0.3) is 0 Å². The highest BCUT2D eigenvalue weighted by molar-refractivity contribution is 8.00. The first-order chi connectivity index (χ1) is 4.83. The summed E-state index contributed by atoms with van der Waals surface area (Å²) in [4.78, 5) is 10.6. The maximum Gasteiger partial charge on any atom is 0.315 e. The van der Waals surface area contributed by atoms with E-state index in [2.05, 4.69) is 10.1 Å². The second-order valence-electron chi connectivity index (χ2n) is 2.17. The predicted octanol–water partition coefficient (Wildman–Crippen LogP) is 0.286. The predicted molar refractivity (Wildman–Crippen MR) is 48.4 cm³/mol. The molecule has 66 valence electrons. The molecule has 0 radical (unpaired) electrons. The van der Waals surface area contributed by atoms with Crippen LogP contribution in [0.25, 0.3) is 0 Å². The van der Waals surface area contributed by atoms with Crippen molar-refractivity contribution < 1.29 is 9.53 Å². The molecular weight excluding hydrogens is 186 g/mol. The molecule has 0 spiro atoms. The molecule has 0 aromatic carbocycles. The van der Waals surface area contributed by atoms with Gasteiger partial charge >= 0.3 is 5.97 Å². The zero-order valence-electron chi connectivity index (χ0n) is 6.33. The fraction of sp³-hybridized carbons (Fsp3) is 0.833. The van der Waals surface area contributed by atoms with Gasteiger partial charge in [0, 0.05) is 18.3 Å². The molecule has 1 rings (SSSR count). The highest BCUT2D eigenvalue weighted by Gasteiger charge is 2.17. The zero-order valence-corrected chi connectivity index (χ0v) is 7.96. The van der Waals surface area contributed by atoms with E-state index in [1.54, 1.807) is 11.8 Å². The average molecular weight is 198 g/mol. The maximum absolute atomic E-state index is 10.6. The van der Waals surface area contributed by atoms with E-state index in [9.17, 15) is 4.79 Å². The van der Waals surface area contributed by atoms with Gasteiger partial charge in [-0.3, -0.25) is 4.79 Å². The molecule has 0 amide bonds. The van der Waals surface area contributed by atoms with Crippen molar-refractivity contribution >= 4 is 30.1 Å². The minimum Gasteiger partial charge on any atom is -0.468 e. The molecule has 11 heavy (non-hydrogen) atoms. The molecule has 1 N–H and O–H groups in total. The van der Waals surface area contributed by atoms with E-state index < -0.39 is 0 Å². The van der Waals surface area contributed by atoms with Gasteiger partial charge in [-0.05, 0) is 0 Å². The maximum atomic E-state index is 10.6. The van der Waals surface area contributed by atoms with E-state index >= 15 is 0 Å². The van der Waals surface area contributed by atoms with Gasteiger partial charge in [-0.25, -0.2) is 0 Å². The van der Waals surface area contributed by atoms with Crippen LogP contribution in [0.3, 0.4) is 0 Å². The molecule has 3 nitrogen and oxygen atoms in total. The van der Waals surface area contributed by atoms with Gasteiger partial charge in [-0.15, -0.1) is 24.2 Å². The molecule has 1 fully saturated rings. The number of hydrogen-bond acceptors (Lipinski definition) is 4. The first-order valence-corrected chi connectivity index (χ1v) is 4.27. The molecule has 0 aromatic heterocycles. The van der Waals surface area contributed by atoms with Crippen molar-refractivity contribution in [2.45, 2.75) is 5.25 Å². The quantitative estimate of drug-likeness (QED) is 0.660. The highest BCUT2D eigenvalue weighted by atomic mass is 35.5. The highest BCUT2D eigenvalue weighted by Crippen LogP contribution is 2.14. The number of thioether (sulfide) groups is 1. The Bertz CT molecular complexity index is 130. The van der Waals surface area contributed by atoms with Crippen LogP contribution in [0, 0.1) is 0 Å². The number of carbonyl (C=O) groups is 1. The molecule has 1 aliphatic heterocycles. The van der Waals surface area contributed by atoms with Crippen LogP contribution in [0.15, 0.2) is 0 Å². The summed E-state index contributed by atoms with van der Waals surface area (Å²) in [5.74, 6) is 0.361. The molecule has 0 atom stereocenters. The van der Waals surface area contributed by atoms with Crippen LogP contribution >= 0.6 is 24.2 Å². The van der Waals surface area contributed by atoms with Crippen LogP contribution in [-0.4, -0.2) is 37.2 Å². The van der Waals surface area contributed by atoms with Crippen LogP contribution in [0.5, 0.6) is 0 Å². The van der Waals surface area contributed by atoms with Crippen molar-refractivity contribution in [2.75, 3.05) is 26.0 Å². The van der Waals surface area contributed by atoms with Gasteiger partial charge in [0.2, 0.25) is 0 Å². The van der Waals surface area contributed by atoms with E-state index in [1.807, 2.05) is 0 Å². The molecule has 1 saturated heterocycles. The van der Waals surface area contributed by atoms with Crippen molar-refractivity contribution in [1.29, 1.82) is 0 Å². The monoisotopic (exact) mass is 197 g/mol. The molecule has 1 heterocycles. The van der Waals surface area contributed by atoms with Crippen molar-refractivity contribution in [3.63, 3.8) is 0 Å². The van der Waals surface area contributed by atoms with Crippen LogP contribution in [0.2, 0.25) is 0 Å². The third-order valence-electron chi connectivity index (χ3n) is 1.41. The molecule has 0 saturated carbocycles. The number of nitrogens with one attached hydrogen (secondary N) is 1. The Morgan fingerprint density at radius 1 is 1.73 bits per heavy atom. The normalized spacial score (nSPS) is 16.5. The van der Waals surface area contributed by atoms with Crippen molar-refractivity contribution in [1.82, 2.24) is 5.32 Å². The number of methoxy groups -OCH3 is 1. The third kappa shape index (κ3) is 3.84. The summed E-state index contributed by atoms with van der Waals surface area (Å²) in [5.41, 5.74) is 0. The SMILES string of the molecule is COC(=O)CSC1CNC1.Cl. The lowest BCUT2D eigenvalue weighted by Crippen LogP contribution is -2.45. The van der Waals surface area contributed by atoms with Crippen LogP contribution in [0.1, 0.15) is 0 Å². The summed E-state index contributed by atoms with van der Waals surface area (Å²) < 4.78 is 4.49. The number of halogens is 1. The van der Waals surface area contributed by atoms with E-state index in [4.69, 9.17) is 0 Å². The van der Waals surface area contributed by atoms with E-state index in [0.717, 1.165) is 13.1 Å². The van der Waals surface area contributed by atoms with Crippen molar-refractivity contribution in [3.05, 3.63) is 0 Å². The summed E-state index contributed by atoms with van der Waals surface area (Å²) >= 11 is 1.66. The fourth-order valence-corrected chi connectivity index (χ4v) is 1.59. The first kappa shape index (κ1) is 11.1. The molecular formula is C6H12ClNO2S. The van der Waals surface area contributed by atoms with Crippen molar-refractivity contribution in [3.8, 4) is 0 Å². The fourth-order valence-electron chi connectivity index (χ4n) is 0.625. The lowest BCUT2D eigenvalue weighted by molar-refractivity contribution is -0.137. The van der Waals surface area contributed by atoms with Gasteiger partial charge in [-0.2, -0.15) is 0 Å². The second kappa shape index (κ2) is 5.69. The molecule has 0 bridgehead atoms. The van der Waals surface area contributed by atoms with E-state index in [0.29, 0.717) is 11.0 Å². The van der Waals surface area contributed by atoms with E-state index in [-0.39, 0.29) is 18.4 Å². The summed E-state index contributed by atoms with van der Waals surface area (Å²) in [6.45, 7) is 2.06. The summed E-state index contributed by atoms with van der Waals surface area (Å²) in [6.07, 6.45) is 0. The lowest BCUT2D eigenvalue weighted by atomic mass is 10.3. The van der Waals surface area contributed by atoms with E-state index in [1.165, 1.54) is 7.11 Å². The van der Waals surface area contributed by atoms with Gasteiger partial charge in [0.05, 0.1) is 12.9 Å². The van der Waals surface area contributed by atoms with Crippen LogP contribution < -0.4 is 5.32 Å². The Hall–Kier alpha value is 0.0700. The minimum atomic E-state index is -0.128. The Kier molecular flexibility index (Phi) is 5.72. The van der Waals surface area contributed by atoms with Gasteiger partial charge < -0.3 is 10.1 Å². The number of ether oxygens (including phenoxy) is 1. The lowest BCUT2D eigenvalue weighted by Gasteiger charge is -2.25. The van der Waals surface area contributed by atoms with Gasteiger partial charge in [0.1, 0.15) is 0 Å². The number of carbonyl (C=O) groups excluding carboxylic acids is 1. The smallest absolute Gasteiger partial charge is 0.315 e. The standard InChI is InChI=1S/C6H11NO2S.ClH/c1-9-6(8)4-10-5-2-7-3-5;/h5,7H,2-4H2,1H3;1H. The van der Waals surface area contributed by atoms with Crippen LogP contribution in [0.4, 0.5) is 0 Å². The van der Waals surface area contributed by atoms with Crippen LogP contribution in [-0.2, 0) is 9.53 Å². The molecule has 0 aromatic rings. The average Bonchev–Trinajstić information content (AvgIpc) is 1.84. The third-order valence-corrected chi connectivity index (χ3v) is 2.62. The number of rotatable bonds is 3.